The van der Waals surface area contributed by atoms with E-state index in [1.54, 1.807) is 0 Å². The van der Waals surface area contributed by atoms with Crippen LogP contribution < -0.4 is 15.2 Å². The maximum atomic E-state index is 5.68. The van der Waals surface area contributed by atoms with Crippen LogP contribution in [0.3, 0.4) is 0 Å². The fourth-order valence-electron chi connectivity index (χ4n) is 1.82. The predicted molar refractivity (Wildman–Crippen MR) is 67.1 cm³/mol. The van der Waals surface area contributed by atoms with E-state index in [0.717, 1.165) is 41.8 Å². The van der Waals surface area contributed by atoms with E-state index in [9.17, 15) is 0 Å². The minimum absolute atomic E-state index is 0.623. The lowest BCUT2D eigenvalue weighted by atomic mass is 10.1. The van der Waals surface area contributed by atoms with Crippen LogP contribution in [0.2, 0.25) is 0 Å². The highest BCUT2D eigenvalue weighted by Crippen LogP contribution is 2.40. The molecule has 0 saturated heterocycles. The van der Waals surface area contributed by atoms with E-state index in [1.165, 1.54) is 5.56 Å². The van der Waals surface area contributed by atoms with Crippen molar-refractivity contribution in [3.8, 4) is 11.5 Å². The van der Waals surface area contributed by atoms with Crippen molar-refractivity contribution in [3.63, 3.8) is 0 Å². The van der Waals surface area contributed by atoms with Crippen LogP contribution in [0, 0.1) is 0 Å². The highest BCUT2D eigenvalue weighted by atomic mass is 79.9. The van der Waals surface area contributed by atoms with Gasteiger partial charge in [-0.1, -0.05) is 6.07 Å². The van der Waals surface area contributed by atoms with Gasteiger partial charge in [0.1, 0.15) is 13.2 Å². The van der Waals surface area contributed by atoms with Crippen molar-refractivity contribution in [1.82, 2.24) is 0 Å². The standard InChI is InChI=1S/C12H16BrNO2/c13-10-5-4-9(3-1-2-6-14)11-12(10)16-8-7-15-11/h4-5H,1-3,6-8,14H2. The molecule has 2 N–H and O–H groups in total. The maximum Gasteiger partial charge on any atom is 0.175 e. The number of aryl methyl sites for hydroxylation is 1. The second kappa shape index (κ2) is 5.55. The Bertz CT molecular complexity index is 368. The Balaban J connectivity index is 2.18. The van der Waals surface area contributed by atoms with Gasteiger partial charge in [-0.3, -0.25) is 0 Å². The molecular weight excluding hydrogens is 270 g/mol. The lowest BCUT2D eigenvalue weighted by Gasteiger charge is -2.22. The number of benzene rings is 1. The summed E-state index contributed by atoms with van der Waals surface area (Å²) in [6.45, 7) is 2.00. The minimum Gasteiger partial charge on any atom is -0.486 e. The van der Waals surface area contributed by atoms with Crippen LogP contribution in [0.5, 0.6) is 11.5 Å². The summed E-state index contributed by atoms with van der Waals surface area (Å²) in [5.41, 5.74) is 6.71. The molecule has 0 amide bonds. The summed E-state index contributed by atoms with van der Waals surface area (Å²) in [7, 11) is 0. The number of hydrogen-bond donors (Lipinski definition) is 1. The first kappa shape index (κ1) is 11.7. The topological polar surface area (TPSA) is 44.5 Å². The van der Waals surface area contributed by atoms with Crippen molar-refractivity contribution < 1.29 is 9.47 Å². The van der Waals surface area contributed by atoms with Gasteiger partial charge in [-0.05, 0) is 53.4 Å². The molecule has 16 heavy (non-hydrogen) atoms. The molecule has 1 aliphatic rings. The molecule has 0 spiro atoms. The average Bonchev–Trinajstić information content (AvgIpc) is 2.33. The quantitative estimate of drug-likeness (QED) is 0.865. The van der Waals surface area contributed by atoms with E-state index in [-0.39, 0.29) is 0 Å². The summed E-state index contributed by atoms with van der Waals surface area (Å²) in [4.78, 5) is 0. The van der Waals surface area contributed by atoms with Crippen LogP contribution in [0.15, 0.2) is 16.6 Å². The van der Waals surface area contributed by atoms with E-state index < -0.39 is 0 Å². The van der Waals surface area contributed by atoms with Crippen molar-refractivity contribution in [2.45, 2.75) is 19.3 Å². The molecule has 0 radical (unpaired) electrons. The van der Waals surface area contributed by atoms with E-state index in [0.29, 0.717) is 13.2 Å². The number of unbranched alkanes of at least 4 members (excludes halogenated alkanes) is 1. The molecule has 0 aromatic heterocycles. The summed E-state index contributed by atoms with van der Waals surface area (Å²) >= 11 is 3.47. The summed E-state index contributed by atoms with van der Waals surface area (Å²) < 4.78 is 12.2. The SMILES string of the molecule is NCCCCc1ccc(Br)c2c1OCCO2. The van der Waals surface area contributed by atoms with Gasteiger partial charge in [-0.15, -0.1) is 0 Å². The summed E-state index contributed by atoms with van der Waals surface area (Å²) in [6, 6.07) is 4.11. The molecule has 0 unspecified atom stereocenters. The van der Waals surface area contributed by atoms with Crippen LogP contribution >= 0.6 is 15.9 Å². The first-order valence-electron chi connectivity index (χ1n) is 5.60. The van der Waals surface area contributed by atoms with E-state index in [2.05, 4.69) is 22.0 Å². The van der Waals surface area contributed by atoms with Gasteiger partial charge in [0.25, 0.3) is 0 Å². The molecule has 4 heteroatoms. The molecule has 1 aromatic rings. The van der Waals surface area contributed by atoms with Crippen LogP contribution in [0.25, 0.3) is 0 Å². The van der Waals surface area contributed by atoms with E-state index in [1.807, 2.05) is 6.07 Å². The smallest absolute Gasteiger partial charge is 0.175 e. The molecule has 3 nitrogen and oxygen atoms in total. The Morgan fingerprint density at radius 2 is 1.88 bits per heavy atom. The van der Waals surface area contributed by atoms with Crippen LogP contribution in [0.1, 0.15) is 18.4 Å². The van der Waals surface area contributed by atoms with Crippen molar-refractivity contribution in [3.05, 3.63) is 22.2 Å². The second-order valence-corrected chi connectivity index (χ2v) is 4.66. The molecule has 0 bridgehead atoms. The number of fused-ring (bicyclic) bond motifs is 1. The van der Waals surface area contributed by atoms with Crippen LogP contribution in [0.4, 0.5) is 0 Å². The van der Waals surface area contributed by atoms with Crippen LogP contribution in [-0.4, -0.2) is 19.8 Å². The van der Waals surface area contributed by atoms with Gasteiger partial charge in [0.15, 0.2) is 11.5 Å². The molecule has 2 rings (SSSR count). The predicted octanol–water partition coefficient (Wildman–Crippen LogP) is 2.50. The Labute approximate surface area is 104 Å². The Kier molecular flexibility index (Phi) is 4.07. The molecule has 88 valence electrons. The third kappa shape index (κ3) is 2.50. The number of nitrogens with two attached hydrogens (primary N) is 1. The fourth-order valence-corrected chi connectivity index (χ4v) is 2.24. The highest BCUT2D eigenvalue weighted by Gasteiger charge is 2.18. The zero-order valence-electron chi connectivity index (χ0n) is 9.17. The molecule has 1 aromatic carbocycles. The molecule has 0 fully saturated rings. The minimum atomic E-state index is 0.623. The van der Waals surface area contributed by atoms with Crippen molar-refractivity contribution >= 4 is 15.9 Å². The normalized spacial score (nSPS) is 13.9. The number of rotatable bonds is 4. The number of hydrogen-bond acceptors (Lipinski definition) is 3. The second-order valence-electron chi connectivity index (χ2n) is 3.81. The number of halogens is 1. The molecule has 1 heterocycles. The summed E-state index contributed by atoms with van der Waals surface area (Å²) in [5, 5.41) is 0. The summed E-state index contributed by atoms with van der Waals surface area (Å²) in [6.07, 6.45) is 3.13. The molecule has 0 atom stereocenters. The van der Waals surface area contributed by atoms with Gasteiger partial charge in [0.05, 0.1) is 4.47 Å². The lowest BCUT2D eigenvalue weighted by molar-refractivity contribution is 0.168. The third-order valence-electron chi connectivity index (χ3n) is 2.62. The fraction of sp³-hybridized carbons (Fsp3) is 0.500. The third-order valence-corrected chi connectivity index (χ3v) is 3.25. The maximum absolute atomic E-state index is 5.68. The van der Waals surface area contributed by atoms with Crippen molar-refractivity contribution in [1.29, 1.82) is 0 Å². The molecular formula is C12H16BrNO2. The highest BCUT2D eigenvalue weighted by molar-refractivity contribution is 9.10. The van der Waals surface area contributed by atoms with Gasteiger partial charge in [-0.25, -0.2) is 0 Å². The lowest BCUT2D eigenvalue weighted by Crippen LogP contribution is -2.17. The van der Waals surface area contributed by atoms with Crippen molar-refractivity contribution in [2.75, 3.05) is 19.8 Å². The van der Waals surface area contributed by atoms with Crippen LogP contribution in [-0.2, 0) is 6.42 Å². The Hall–Kier alpha value is -0.740. The average molecular weight is 286 g/mol. The number of ether oxygens (including phenoxy) is 2. The Morgan fingerprint density at radius 1 is 1.12 bits per heavy atom. The van der Waals surface area contributed by atoms with E-state index >= 15 is 0 Å². The molecule has 0 saturated carbocycles. The Morgan fingerprint density at radius 3 is 2.62 bits per heavy atom. The molecule has 0 aliphatic carbocycles. The van der Waals surface area contributed by atoms with E-state index in [4.69, 9.17) is 15.2 Å². The largest absolute Gasteiger partial charge is 0.486 e. The van der Waals surface area contributed by atoms with Gasteiger partial charge in [-0.2, -0.15) is 0 Å². The molecule has 1 aliphatic heterocycles. The zero-order valence-corrected chi connectivity index (χ0v) is 10.8. The van der Waals surface area contributed by atoms with Gasteiger partial charge in [0.2, 0.25) is 0 Å². The summed E-state index contributed by atoms with van der Waals surface area (Å²) in [5.74, 6) is 1.74. The van der Waals surface area contributed by atoms with Gasteiger partial charge < -0.3 is 15.2 Å². The van der Waals surface area contributed by atoms with Gasteiger partial charge in [0, 0.05) is 0 Å². The monoisotopic (exact) mass is 285 g/mol. The van der Waals surface area contributed by atoms with Crippen molar-refractivity contribution in [2.24, 2.45) is 5.73 Å². The first-order chi connectivity index (χ1) is 7.83. The zero-order chi connectivity index (χ0) is 11.4. The van der Waals surface area contributed by atoms with Gasteiger partial charge >= 0.3 is 0 Å². The first-order valence-corrected chi connectivity index (χ1v) is 6.39.